The van der Waals surface area contributed by atoms with E-state index in [1.165, 1.54) is 0 Å². The van der Waals surface area contributed by atoms with Crippen molar-refractivity contribution in [2.24, 2.45) is 5.92 Å². The van der Waals surface area contributed by atoms with Crippen LogP contribution in [0.15, 0.2) is 30.6 Å². The Morgan fingerprint density at radius 2 is 2.10 bits per heavy atom. The largest absolute Gasteiger partial charge is 0.325 e. The molecule has 1 saturated heterocycles. The summed E-state index contributed by atoms with van der Waals surface area (Å²) in [5.41, 5.74) is 2.38. The molecule has 0 radical (unpaired) electrons. The van der Waals surface area contributed by atoms with Crippen LogP contribution in [-0.4, -0.2) is 28.5 Å². The molecule has 1 fully saturated rings. The van der Waals surface area contributed by atoms with Crippen molar-refractivity contribution < 1.29 is 4.79 Å². The first-order chi connectivity index (χ1) is 9.74. The molecule has 104 valence electrons. The standard InChI is InChI=1S/C15H18N4O/c1-10-3-2-6-18-14(10)15(20)19-11-4-5-12-13(9-11)17-8-7-16-12/h4-5,7-10,14,18H,2-3,6H2,1H3,(H,19,20). The van der Waals surface area contributed by atoms with Gasteiger partial charge in [0.2, 0.25) is 5.91 Å². The number of hydrogen-bond acceptors (Lipinski definition) is 4. The lowest BCUT2D eigenvalue weighted by Crippen LogP contribution is -2.48. The molecule has 2 N–H and O–H groups in total. The summed E-state index contributed by atoms with van der Waals surface area (Å²) < 4.78 is 0. The molecule has 2 aromatic rings. The zero-order valence-electron chi connectivity index (χ0n) is 11.5. The van der Waals surface area contributed by atoms with Gasteiger partial charge in [-0.15, -0.1) is 0 Å². The van der Waals surface area contributed by atoms with Crippen molar-refractivity contribution in [2.75, 3.05) is 11.9 Å². The second kappa shape index (κ2) is 5.54. The van der Waals surface area contributed by atoms with Crippen molar-refractivity contribution in [3.8, 4) is 0 Å². The van der Waals surface area contributed by atoms with E-state index in [2.05, 4.69) is 27.5 Å². The number of aromatic nitrogens is 2. The lowest BCUT2D eigenvalue weighted by molar-refractivity contribution is -0.119. The van der Waals surface area contributed by atoms with Crippen molar-refractivity contribution in [1.82, 2.24) is 15.3 Å². The SMILES string of the molecule is CC1CCCNC1C(=O)Nc1ccc2nccnc2c1. The Morgan fingerprint density at radius 3 is 2.90 bits per heavy atom. The summed E-state index contributed by atoms with van der Waals surface area (Å²) in [4.78, 5) is 20.8. The third kappa shape index (κ3) is 2.63. The lowest BCUT2D eigenvalue weighted by Gasteiger charge is -2.28. The van der Waals surface area contributed by atoms with Crippen LogP contribution in [-0.2, 0) is 4.79 Å². The number of nitrogens with zero attached hydrogens (tertiary/aromatic N) is 2. The highest BCUT2D eigenvalue weighted by atomic mass is 16.2. The molecule has 2 heterocycles. The summed E-state index contributed by atoms with van der Waals surface area (Å²) in [6.45, 7) is 3.02. The highest BCUT2D eigenvalue weighted by Crippen LogP contribution is 2.19. The number of carbonyl (C=O) groups is 1. The quantitative estimate of drug-likeness (QED) is 0.875. The van der Waals surface area contributed by atoms with Gasteiger partial charge in [0.15, 0.2) is 0 Å². The minimum Gasteiger partial charge on any atom is -0.325 e. The maximum atomic E-state index is 12.3. The second-order valence-corrected chi connectivity index (χ2v) is 5.30. The summed E-state index contributed by atoms with van der Waals surface area (Å²) in [7, 11) is 0. The van der Waals surface area contributed by atoms with Gasteiger partial charge in [-0.25, -0.2) is 0 Å². The van der Waals surface area contributed by atoms with E-state index in [0.717, 1.165) is 36.1 Å². The summed E-state index contributed by atoms with van der Waals surface area (Å²) in [6, 6.07) is 5.48. The first kappa shape index (κ1) is 13.0. The number of fused-ring (bicyclic) bond motifs is 1. The minimum atomic E-state index is -0.110. The van der Waals surface area contributed by atoms with E-state index in [1.807, 2.05) is 18.2 Å². The molecule has 1 aliphatic rings. The van der Waals surface area contributed by atoms with Crippen LogP contribution >= 0.6 is 0 Å². The Bertz CT molecular complexity index is 628. The van der Waals surface area contributed by atoms with Gasteiger partial charge in [-0.3, -0.25) is 14.8 Å². The topological polar surface area (TPSA) is 66.9 Å². The van der Waals surface area contributed by atoms with E-state index in [1.54, 1.807) is 12.4 Å². The van der Waals surface area contributed by atoms with Gasteiger partial charge >= 0.3 is 0 Å². The van der Waals surface area contributed by atoms with Crippen LogP contribution in [0, 0.1) is 5.92 Å². The van der Waals surface area contributed by atoms with Crippen LogP contribution in [0.4, 0.5) is 5.69 Å². The fourth-order valence-electron chi connectivity index (χ4n) is 2.66. The smallest absolute Gasteiger partial charge is 0.241 e. The van der Waals surface area contributed by atoms with Gasteiger partial charge in [0, 0.05) is 18.1 Å². The molecule has 20 heavy (non-hydrogen) atoms. The predicted octanol–water partition coefficient (Wildman–Crippen LogP) is 1.96. The average Bonchev–Trinajstić information content (AvgIpc) is 2.47. The van der Waals surface area contributed by atoms with Crippen LogP contribution in [0.3, 0.4) is 0 Å². The zero-order valence-corrected chi connectivity index (χ0v) is 11.5. The van der Waals surface area contributed by atoms with Gasteiger partial charge in [-0.05, 0) is 43.5 Å². The Kier molecular flexibility index (Phi) is 3.60. The third-order valence-electron chi connectivity index (χ3n) is 3.79. The van der Waals surface area contributed by atoms with E-state index < -0.39 is 0 Å². The third-order valence-corrected chi connectivity index (χ3v) is 3.79. The maximum Gasteiger partial charge on any atom is 0.241 e. The molecule has 5 nitrogen and oxygen atoms in total. The molecule has 1 aliphatic heterocycles. The number of nitrogens with one attached hydrogen (secondary N) is 2. The number of rotatable bonds is 2. The number of benzene rings is 1. The van der Waals surface area contributed by atoms with Gasteiger partial charge < -0.3 is 10.6 Å². The van der Waals surface area contributed by atoms with Gasteiger partial charge in [-0.2, -0.15) is 0 Å². The normalized spacial score (nSPS) is 22.6. The van der Waals surface area contributed by atoms with Crippen LogP contribution in [0.25, 0.3) is 11.0 Å². The molecular formula is C15H18N4O. The summed E-state index contributed by atoms with van der Waals surface area (Å²) >= 11 is 0. The van der Waals surface area contributed by atoms with Crippen molar-refractivity contribution in [1.29, 1.82) is 0 Å². The van der Waals surface area contributed by atoms with Gasteiger partial charge in [0.1, 0.15) is 0 Å². The Hall–Kier alpha value is -2.01. The highest BCUT2D eigenvalue weighted by Gasteiger charge is 2.27. The summed E-state index contributed by atoms with van der Waals surface area (Å²) in [5.74, 6) is 0.393. The van der Waals surface area contributed by atoms with Crippen LogP contribution in [0.5, 0.6) is 0 Å². The van der Waals surface area contributed by atoms with Crippen molar-refractivity contribution in [2.45, 2.75) is 25.8 Å². The van der Waals surface area contributed by atoms with Gasteiger partial charge in [0.25, 0.3) is 0 Å². The van der Waals surface area contributed by atoms with E-state index in [-0.39, 0.29) is 11.9 Å². The Balaban J connectivity index is 1.76. The fraction of sp³-hybridized carbons (Fsp3) is 0.400. The zero-order chi connectivity index (χ0) is 13.9. The highest BCUT2D eigenvalue weighted by molar-refractivity contribution is 5.96. The molecule has 0 aliphatic carbocycles. The summed E-state index contributed by atoms with van der Waals surface area (Å²) in [5, 5.41) is 6.25. The molecular weight excluding hydrogens is 252 g/mol. The number of piperidine rings is 1. The molecule has 3 rings (SSSR count). The molecule has 0 saturated carbocycles. The minimum absolute atomic E-state index is 0.0282. The van der Waals surface area contributed by atoms with E-state index in [4.69, 9.17) is 0 Å². The number of hydrogen-bond donors (Lipinski definition) is 2. The number of anilines is 1. The Labute approximate surface area is 117 Å². The van der Waals surface area contributed by atoms with Crippen LogP contribution in [0.2, 0.25) is 0 Å². The van der Waals surface area contributed by atoms with Gasteiger partial charge in [0.05, 0.1) is 17.1 Å². The molecule has 5 heteroatoms. The van der Waals surface area contributed by atoms with Crippen molar-refractivity contribution >= 4 is 22.6 Å². The Morgan fingerprint density at radius 1 is 1.30 bits per heavy atom. The fourth-order valence-corrected chi connectivity index (χ4v) is 2.66. The van der Waals surface area contributed by atoms with Crippen LogP contribution in [0.1, 0.15) is 19.8 Å². The molecule has 1 aromatic heterocycles. The molecule has 2 unspecified atom stereocenters. The predicted molar refractivity (Wildman–Crippen MR) is 78.4 cm³/mol. The van der Waals surface area contributed by atoms with Crippen molar-refractivity contribution in [3.05, 3.63) is 30.6 Å². The lowest BCUT2D eigenvalue weighted by atomic mass is 9.92. The van der Waals surface area contributed by atoms with Crippen molar-refractivity contribution in [3.63, 3.8) is 0 Å². The van der Waals surface area contributed by atoms with E-state index >= 15 is 0 Å². The average molecular weight is 270 g/mol. The molecule has 0 spiro atoms. The first-order valence-corrected chi connectivity index (χ1v) is 6.99. The number of carbonyl (C=O) groups excluding carboxylic acids is 1. The summed E-state index contributed by atoms with van der Waals surface area (Å²) in [6.07, 6.45) is 5.54. The monoisotopic (exact) mass is 270 g/mol. The number of amides is 1. The molecule has 1 amide bonds. The van der Waals surface area contributed by atoms with Gasteiger partial charge in [-0.1, -0.05) is 6.92 Å². The first-order valence-electron chi connectivity index (χ1n) is 6.99. The second-order valence-electron chi connectivity index (χ2n) is 5.30. The maximum absolute atomic E-state index is 12.3. The van der Waals surface area contributed by atoms with Crippen LogP contribution < -0.4 is 10.6 Å². The van der Waals surface area contributed by atoms with E-state index in [0.29, 0.717) is 5.92 Å². The molecule has 1 aromatic carbocycles. The molecule has 2 atom stereocenters. The molecule has 0 bridgehead atoms. The van der Waals surface area contributed by atoms with E-state index in [9.17, 15) is 4.79 Å².